The van der Waals surface area contributed by atoms with Crippen LogP contribution in [0.3, 0.4) is 0 Å². The van der Waals surface area contributed by atoms with Gasteiger partial charge in [0.2, 0.25) is 0 Å². The SMILES string of the molecule is CC(=O)Cc1ncc(CN2CCC3(CC3)C(c3cc(C(F)F)nc4ncnn34)C2)s1. The largest absolute Gasteiger partial charge is 0.300 e. The molecule has 0 bridgehead atoms. The van der Waals surface area contributed by atoms with Crippen LogP contribution in [0.1, 0.15) is 59.8 Å². The number of aromatic nitrogens is 5. The van der Waals surface area contributed by atoms with Crippen LogP contribution in [0.25, 0.3) is 5.78 Å². The van der Waals surface area contributed by atoms with E-state index in [9.17, 15) is 13.6 Å². The number of thiazole rings is 1. The van der Waals surface area contributed by atoms with Crippen molar-refractivity contribution in [3.8, 4) is 0 Å². The number of halogens is 2. The normalized spacial score (nSPS) is 21.0. The molecule has 0 radical (unpaired) electrons. The number of carbonyl (C=O) groups is 1. The number of likely N-dealkylation sites (tertiary alicyclic amines) is 1. The van der Waals surface area contributed by atoms with E-state index in [0.717, 1.165) is 54.5 Å². The molecule has 7 nitrogen and oxygen atoms in total. The topological polar surface area (TPSA) is 76.3 Å². The van der Waals surface area contributed by atoms with E-state index in [0.29, 0.717) is 6.42 Å². The smallest absolute Gasteiger partial charge is 0.280 e. The van der Waals surface area contributed by atoms with Crippen molar-refractivity contribution in [3.63, 3.8) is 0 Å². The molecule has 1 aliphatic heterocycles. The molecule has 1 spiro atoms. The Morgan fingerprint density at radius 1 is 1.33 bits per heavy atom. The van der Waals surface area contributed by atoms with Crippen LogP contribution in [0.15, 0.2) is 18.6 Å². The maximum atomic E-state index is 13.5. The summed E-state index contributed by atoms with van der Waals surface area (Å²) in [5.74, 6) is 0.432. The molecular formula is C20H22F2N6OS. The van der Waals surface area contributed by atoms with E-state index in [1.54, 1.807) is 22.8 Å². The van der Waals surface area contributed by atoms with Gasteiger partial charge >= 0.3 is 0 Å². The van der Waals surface area contributed by atoms with Gasteiger partial charge in [-0.2, -0.15) is 10.1 Å². The van der Waals surface area contributed by atoms with Crippen molar-refractivity contribution >= 4 is 22.9 Å². The second-order valence-corrected chi connectivity index (χ2v) is 9.58. The van der Waals surface area contributed by atoms with Gasteiger partial charge in [0, 0.05) is 30.1 Å². The Morgan fingerprint density at radius 3 is 2.90 bits per heavy atom. The molecule has 2 aliphatic rings. The van der Waals surface area contributed by atoms with Crippen LogP contribution in [0.5, 0.6) is 0 Å². The first-order chi connectivity index (χ1) is 14.4. The molecule has 1 saturated carbocycles. The van der Waals surface area contributed by atoms with Gasteiger partial charge in [0.1, 0.15) is 22.8 Å². The van der Waals surface area contributed by atoms with Crippen molar-refractivity contribution < 1.29 is 13.6 Å². The summed E-state index contributed by atoms with van der Waals surface area (Å²) in [6.45, 7) is 4.04. The van der Waals surface area contributed by atoms with Crippen molar-refractivity contribution in [2.75, 3.05) is 13.1 Å². The third kappa shape index (κ3) is 3.62. The molecule has 10 heteroatoms. The van der Waals surface area contributed by atoms with Gasteiger partial charge in [0.05, 0.1) is 12.1 Å². The fraction of sp³-hybridized carbons (Fsp3) is 0.550. The van der Waals surface area contributed by atoms with Crippen LogP contribution < -0.4 is 0 Å². The first-order valence-corrected chi connectivity index (χ1v) is 10.9. The van der Waals surface area contributed by atoms with Crippen LogP contribution in [-0.4, -0.2) is 48.3 Å². The van der Waals surface area contributed by atoms with Crippen LogP contribution in [0.4, 0.5) is 8.78 Å². The lowest BCUT2D eigenvalue weighted by molar-refractivity contribution is -0.116. The van der Waals surface area contributed by atoms with Crippen molar-refractivity contribution in [3.05, 3.63) is 39.9 Å². The van der Waals surface area contributed by atoms with E-state index >= 15 is 0 Å². The number of carbonyl (C=O) groups excluding carboxylic acids is 1. The van der Waals surface area contributed by atoms with Gasteiger partial charge in [-0.05, 0) is 44.2 Å². The molecule has 1 unspecified atom stereocenters. The summed E-state index contributed by atoms with van der Waals surface area (Å²) in [5, 5.41) is 5.11. The van der Waals surface area contributed by atoms with Crippen molar-refractivity contribution in [2.45, 2.75) is 51.5 Å². The second kappa shape index (κ2) is 7.42. The summed E-state index contributed by atoms with van der Waals surface area (Å²) in [6.07, 6.45) is 4.19. The van der Waals surface area contributed by atoms with E-state index < -0.39 is 6.43 Å². The summed E-state index contributed by atoms with van der Waals surface area (Å²) in [5.41, 5.74) is 0.690. The highest BCUT2D eigenvalue weighted by Gasteiger charge is 2.53. The molecule has 3 aromatic rings. The number of rotatable bonds is 6. The Balaban J connectivity index is 1.42. The molecule has 1 atom stereocenters. The van der Waals surface area contributed by atoms with E-state index in [4.69, 9.17) is 0 Å². The molecule has 3 aromatic heterocycles. The van der Waals surface area contributed by atoms with Gasteiger partial charge in [0.25, 0.3) is 12.2 Å². The van der Waals surface area contributed by atoms with Crippen molar-refractivity contribution in [1.82, 2.24) is 29.5 Å². The number of fused-ring (bicyclic) bond motifs is 1. The van der Waals surface area contributed by atoms with Crippen LogP contribution in [0.2, 0.25) is 0 Å². The maximum Gasteiger partial charge on any atom is 0.280 e. The van der Waals surface area contributed by atoms with Gasteiger partial charge in [-0.3, -0.25) is 9.69 Å². The van der Waals surface area contributed by atoms with Crippen LogP contribution in [-0.2, 0) is 17.8 Å². The van der Waals surface area contributed by atoms with Crippen molar-refractivity contribution in [2.24, 2.45) is 5.41 Å². The highest BCUT2D eigenvalue weighted by atomic mass is 32.1. The average molecular weight is 432 g/mol. The zero-order valence-corrected chi connectivity index (χ0v) is 17.4. The first kappa shape index (κ1) is 19.6. The number of alkyl halides is 2. The summed E-state index contributed by atoms with van der Waals surface area (Å²) < 4.78 is 28.5. The van der Waals surface area contributed by atoms with E-state index in [1.165, 1.54) is 12.4 Å². The number of ketones is 1. The standard InChI is InChI=1S/C20H22F2N6OS/c1-12(29)6-17-23-8-13(30-17)9-27-5-4-20(2-3-20)14(10-27)16-7-15(18(21)22)26-19-24-11-25-28(16)19/h7-8,11,14,18H,2-6,9-10H2,1H3. The van der Waals surface area contributed by atoms with E-state index in [2.05, 4.69) is 25.0 Å². The fourth-order valence-electron chi connectivity index (χ4n) is 4.56. The minimum atomic E-state index is -2.64. The summed E-state index contributed by atoms with van der Waals surface area (Å²) in [4.78, 5) is 27.2. The van der Waals surface area contributed by atoms with Gasteiger partial charge in [-0.1, -0.05) is 0 Å². The molecule has 0 aromatic carbocycles. The lowest BCUT2D eigenvalue weighted by atomic mass is 9.79. The summed E-state index contributed by atoms with van der Waals surface area (Å²) >= 11 is 1.57. The first-order valence-electron chi connectivity index (χ1n) is 10.1. The Hall–Kier alpha value is -2.33. The van der Waals surface area contributed by atoms with Gasteiger partial charge in [0.15, 0.2) is 0 Å². The molecular weight excluding hydrogens is 410 g/mol. The third-order valence-corrected chi connectivity index (χ3v) is 7.24. The zero-order valence-electron chi connectivity index (χ0n) is 16.6. The maximum absolute atomic E-state index is 13.5. The summed E-state index contributed by atoms with van der Waals surface area (Å²) in [7, 11) is 0. The quantitative estimate of drug-likeness (QED) is 0.594. The van der Waals surface area contributed by atoms with E-state index in [1.807, 2.05) is 6.20 Å². The fourth-order valence-corrected chi connectivity index (χ4v) is 5.59. The monoisotopic (exact) mass is 432 g/mol. The highest BCUT2D eigenvalue weighted by Crippen LogP contribution is 2.60. The molecule has 1 aliphatic carbocycles. The van der Waals surface area contributed by atoms with Crippen LogP contribution in [0, 0.1) is 5.41 Å². The average Bonchev–Trinajstić information content (AvgIpc) is 3.10. The number of Topliss-reactive ketones (excluding diaryl/α,β-unsaturated/α-hetero) is 1. The van der Waals surface area contributed by atoms with Gasteiger partial charge in [-0.15, -0.1) is 11.3 Å². The van der Waals surface area contributed by atoms with E-state index in [-0.39, 0.29) is 28.6 Å². The molecule has 158 valence electrons. The number of piperidine rings is 1. The minimum absolute atomic E-state index is 0.0977. The minimum Gasteiger partial charge on any atom is -0.300 e. The molecule has 30 heavy (non-hydrogen) atoms. The number of hydrogen-bond acceptors (Lipinski definition) is 7. The lowest BCUT2D eigenvalue weighted by Crippen LogP contribution is -2.40. The molecule has 4 heterocycles. The number of hydrogen-bond donors (Lipinski definition) is 0. The Labute approximate surface area is 176 Å². The molecule has 1 saturated heterocycles. The van der Waals surface area contributed by atoms with Crippen LogP contribution >= 0.6 is 11.3 Å². The Kier molecular flexibility index (Phi) is 4.85. The highest BCUT2D eigenvalue weighted by molar-refractivity contribution is 7.11. The second-order valence-electron chi connectivity index (χ2n) is 8.38. The Morgan fingerprint density at radius 2 is 2.17 bits per heavy atom. The molecule has 0 amide bonds. The van der Waals surface area contributed by atoms with Gasteiger partial charge < -0.3 is 0 Å². The lowest BCUT2D eigenvalue weighted by Gasteiger charge is -2.39. The summed E-state index contributed by atoms with van der Waals surface area (Å²) in [6, 6.07) is 1.51. The third-order valence-electron chi connectivity index (χ3n) is 6.26. The predicted octanol–water partition coefficient (Wildman–Crippen LogP) is 3.42. The molecule has 2 fully saturated rings. The van der Waals surface area contributed by atoms with Gasteiger partial charge in [-0.25, -0.2) is 23.3 Å². The Bertz CT molecular complexity index is 1090. The zero-order chi connectivity index (χ0) is 20.9. The molecule has 0 N–H and O–H groups in total. The predicted molar refractivity (Wildman–Crippen MR) is 107 cm³/mol. The molecule has 5 rings (SSSR count). The van der Waals surface area contributed by atoms with Crippen molar-refractivity contribution in [1.29, 1.82) is 0 Å². The number of nitrogens with zero attached hydrogens (tertiary/aromatic N) is 6.